The van der Waals surface area contributed by atoms with Crippen molar-refractivity contribution < 1.29 is 18.0 Å². The molecule has 2 rings (SSSR count). The lowest BCUT2D eigenvalue weighted by Crippen LogP contribution is -2.38. The molecule has 1 heterocycles. The van der Waals surface area contributed by atoms with E-state index in [-0.39, 0.29) is 37.1 Å². The minimum absolute atomic E-state index is 0.00102. The Morgan fingerprint density at radius 2 is 2.00 bits per heavy atom. The summed E-state index contributed by atoms with van der Waals surface area (Å²) in [5.74, 6) is -1.39. The highest BCUT2D eigenvalue weighted by Gasteiger charge is 2.47. The number of carbonyl (C=O) groups excluding carboxylic acids is 1. The van der Waals surface area contributed by atoms with Crippen LogP contribution in [0, 0.1) is 11.8 Å². The number of halogens is 3. The fourth-order valence-electron chi connectivity index (χ4n) is 2.48. The van der Waals surface area contributed by atoms with E-state index in [9.17, 15) is 18.0 Å². The molecular formula is C9H12F3NO. The molecular weight excluding hydrogens is 195 g/mol. The summed E-state index contributed by atoms with van der Waals surface area (Å²) in [6.45, 7) is 0. The Kier molecular flexibility index (Phi) is 2.20. The number of carbonyl (C=O) groups is 1. The van der Waals surface area contributed by atoms with E-state index in [1.165, 1.54) is 0 Å². The lowest BCUT2D eigenvalue weighted by Gasteiger charge is -2.31. The molecule has 0 radical (unpaired) electrons. The van der Waals surface area contributed by atoms with Gasteiger partial charge in [-0.25, -0.2) is 0 Å². The van der Waals surface area contributed by atoms with Crippen LogP contribution in [0.4, 0.5) is 13.2 Å². The molecule has 2 nitrogen and oxygen atoms in total. The fraction of sp³-hybridized carbons (Fsp3) is 0.889. The molecule has 0 aromatic heterocycles. The molecule has 1 aliphatic heterocycles. The van der Waals surface area contributed by atoms with Gasteiger partial charge in [0.2, 0.25) is 5.91 Å². The Bertz CT molecular complexity index is 251. The van der Waals surface area contributed by atoms with Gasteiger partial charge >= 0.3 is 6.18 Å². The summed E-state index contributed by atoms with van der Waals surface area (Å²) < 4.78 is 37.2. The Labute approximate surface area is 79.9 Å². The van der Waals surface area contributed by atoms with Crippen molar-refractivity contribution in [3.63, 3.8) is 0 Å². The van der Waals surface area contributed by atoms with E-state index < -0.39 is 12.1 Å². The van der Waals surface area contributed by atoms with Crippen molar-refractivity contribution in [2.24, 2.45) is 11.8 Å². The zero-order valence-electron chi connectivity index (χ0n) is 7.60. The van der Waals surface area contributed by atoms with Gasteiger partial charge in [-0.1, -0.05) is 0 Å². The average molecular weight is 207 g/mol. The van der Waals surface area contributed by atoms with E-state index in [1.54, 1.807) is 0 Å². The second kappa shape index (κ2) is 3.14. The standard InChI is InChI=1S/C9H12F3NO/c10-9(11,12)6-1-2-7-5(3-6)4-8(14)13-7/h5-7H,1-4H2,(H,13,14). The molecule has 14 heavy (non-hydrogen) atoms. The third-order valence-electron chi connectivity index (χ3n) is 3.24. The summed E-state index contributed by atoms with van der Waals surface area (Å²) >= 11 is 0. The lowest BCUT2D eigenvalue weighted by molar-refractivity contribution is -0.186. The van der Waals surface area contributed by atoms with Gasteiger partial charge in [-0.3, -0.25) is 4.79 Å². The van der Waals surface area contributed by atoms with Crippen molar-refractivity contribution in [1.82, 2.24) is 5.32 Å². The number of hydrogen-bond donors (Lipinski definition) is 1. The van der Waals surface area contributed by atoms with Crippen molar-refractivity contribution in [1.29, 1.82) is 0 Å². The maximum atomic E-state index is 12.4. The second-order valence-electron chi connectivity index (χ2n) is 4.19. The van der Waals surface area contributed by atoms with Crippen LogP contribution in [0.15, 0.2) is 0 Å². The van der Waals surface area contributed by atoms with E-state index >= 15 is 0 Å². The van der Waals surface area contributed by atoms with Gasteiger partial charge in [-0.05, 0) is 25.2 Å². The first-order valence-corrected chi connectivity index (χ1v) is 4.83. The third kappa shape index (κ3) is 1.72. The van der Waals surface area contributed by atoms with Gasteiger partial charge in [0.05, 0.1) is 5.92 Å². The molecule has 2 aliphatic rings. The first-order chi connectivity index (χ1) is 6.47. The van der Waals surface area contributed by atoms with Crippen LogP contribution >= 0.6 is 0 Å². The van der Waals surface area contributed by atoms with Crippen LogP contribution in [0.1, 0.15) is 25.7 Å². The topological polar surface area (TPSA) is 29.1 Å². The SMILES string of the molecule is O=C1CC2CC(C(F)(F)F)CCC2N1. The molecule has 1 aliphatic carbocycles. The maximum absolute atomic E-state index is 12.4. The summed E-state index contributed by atoms with van der Waals surface area (Å²) in [4.78, 5) is 11.0. The molecule has 3 unspecified atom stereocenters. The molecule has 0 bridgehead atoms. The number of alkyl halides is 3. The van der Waals surface area contributed by atoms with Crippen LogP contribution in [0.25, 0.3) is 0 Å². The fourth-order valence-corrected chi connectivity index (χ4v) is 2.48. The highest BCUT2D eigenvalue weighted by Crippen LogP contribution is 2.42. The molecule has 1 saturated carbocycles. The molecule has 3 atom stereocenters. The van der Waals surface area contributed by atoms with Crippen LogP contribution in [-0.4, -0.2) is 18.1 Å². The second-order valence-corrected chi connectivity index (χ2v) is 4.19. The van der Waals surface area contributed by atoms with Crippen molar-refractivity contribution in [3.8, 4) is 0 Å². The summed E-state index contributed by atoms with van der Waals surface area (Å²) in [5.41, 5.74) is 0. The molecule has 0 aromatic carbocycles. The van der Waals surface area contributed by atoms with E-state index in [4.69, 9.17) is 0 Å². The molecule has 0 spiro atoms. The number of nitrogens with one attached hydrogen (secondary N) is 1. The highest BCUT2D eigenvalue weighted by molar-refractivity contribution is 5.79. The quantitative estimate of drug-likeness (QED) is 0.645. The lowest BCUT2D eigenvalue weighted by atomic mass is 9.78. The van der Waals surface area contributed by atoms with E-state index in [0.717, 1.165) is 0 Å². The smallest absolute Gasteiger partial charge is 0.353 e. The molecule has 5 heteroatoms. The van der Waals surface area contributed by atoms with Gasteiger partial charge in [0.25, 0.3) is 0 Å². The van der Waals surface area contributed by atoms with Crippen LogP contribution in [0.2, 0.25) is 0 Å². The molecule has 80 valence electrons. The van der Waals surface area contributed by atoms with Crippen molar-refractivity contribution in [2.75, 3.05) is 0 Å². The van der Waals surface area contributed by atoms with E-state index in [1.807, 2.05) is 0 Å². The monoisotopic (exact) mass is 207 g/mol. The van der Waals surface area contributed by atoms with Crippen molar-refractivity contribution >= 4 is 5.91 Å². The van der Waals surface area contributed by atoms with Gasteiger partial charge in [0, 0.05) is 12.5 Å². The summed E-state index contributed by atoms with van der Waals surface area (Å²) in [5, 5.41) is 2.72. The van der Waals surface area contributed by atoms with Gasteiger partial charge < -0.3 is 5.32 Å². The van der Waals surface area contributed by atoms with Gasteiger partial charge in [0.1, 0.15) is 0 Å². The van der Waals surface area contributed by atoms with Crippen LogP contribution < -0.4 is 5.32 Å². The van der Waals surface area contributed by atoms with Gasteiger partial charge in [0.15, 0.2) is 0 Å². The molecule has 1 amide bonds. The number of rotatable bonds is 0. The number of fused-ring (bicyclic) bond motifs is 1. The Hall–Kier alpha value is -0.740. The summed E-state index contributed by atoms with van der Waals surface area (Å²) in [6, 6.07) is 0.00102. The Balaban J connectivity index is 2.01. The normalized spacial score (nSPS) is 37.9. The zero-order valence-corrected chi connectivity index (χ0v) is 7.60. The third-order valence-corrected chi connectivity index (χ3v) is 3.24. The summed E-state index contributed by atoms with van der Waals surface area (Å²) in [6.07, 6.45) is -3.06. The van der Waals surface area contributed by atoms with Crippen LogP contribution in [-0.2, 0) is 4.79 Å². The van der Waals surface area contributed by atoms with Gasteiger partial charge in [-0.15, -0.1) is 0 Å². The molecule has 1 saturated heterocycles. The predicted molar refractivity (Wildman–Crippen MR) is 43.4 cm³/mol. The van der Waals surface area contributed by atoms with E-state index in [0.29, 0.717) is 6.42 Å². The largest absolute Gasteiger partial charge is 0.391 e. The van der Waals surface area contributed by atoms with Crippen LogP contribution in [0.3, 0.4) is 0 Å². The number of amides is 1. The van der Waals surface area contributed by atoms with E-state index in [2.05, 4.69) is 5.32 Å². The van der Waals surface area contributed by atoms with Crippen molar-refractivity contribution in [3.05, 3.63) is 0 Å². The number of hydrogen-bond acceptors (Lipinski definition) is 1. The minimum Gasteiger partial charge on any atom is -0.353 e. The molecule has 0 aromatic rings. The maximum Gasteiger partial charge on any atom is 0.391 e. The van der Waals surface area contributed by atoms with Crippen LogP contribution in [0.5, 0.6) is 0 Å². The van der Waals surface area contributed by atoms with Crippen molar-refractivity contribution in [2.45, 2.75) is 37.9 Å². The first-order valence-electron chi connectivity index (χ1n) is 4.83. The molecule has 1 N–H and O–H groups in total. The highest BCUT2D eigenvalue weighted by atomic mass is 19.4. The predicted octanol–water partition coefficient (Wildman–Crippen LogP) is 1.85. The Morgan fingerprint density at radius 3 is 2.64 bits per heavy atom. The zero-order chi connectivity index (χ0) is 10.3. The molecule has 2 fully saturated rings. The summed E-state index contributed by atoms with van der Waals surface area (Å²) in [7, 11) is 0. The minimum atomic E-state index is -4.09. The average Bonchev–Trinajstić information content (AvgIpc) is 2.41. The first kappa shape index (κ1) is 9.80. The van der Waals surface area contributed by atoms with Gasteiger partial charge in [-0.2, -0.15) is 13.2 Å². The Morgan fingerprint density at radius 1 is 1.29 bits per heavy atom.